The summed E-state index contributed by atoms with van der Waals surface area (Å²) < 4.78 is 5.40. The fourth-order valence-corrected chi connectivity index (χ4v) is 3.51. The number of anilines is 1. The summed E-state index contributed by atoms with van der Waals surface area (Å²) in [7, 11) is 0. The Labute approximate surface area is 162 Å². The maximum absolute atomic E-state index is 12.7. The molecule has 2 saturated heterocycles. The molecule has 0 radical (unpaired) electrons. The molecule has 1 aromatic carbocycles. The van der Waals surface area contributed by atoms with Crippen molar-refractivity contribution in [1.29, 1.82) is 0 Å². The molecule has 25 heavy (non-hydrogen) atoms. The van der Waals surface area contributed by atoms with Crippen LogP contribution in [0.15, 0.2) is 18.2 Å². The van der Waals surface area contributed by atoms with E-state index in [0.29, 0.717) is 11.6 Å². The van der Waals surface area contributed by atoms with Crippen LogP contribution in [0, 0.1) is 12.8 Å². The standard InChI is InChI=1S/C18H27N3O2.2ClH/c1-14-2-3-16(19)12-17(14)18(22)21-6-4-15(5-7-21)13-20-8-10-23-11-9-20;;/h2-3,12,15H,4-11,13,19H2,1H3;2*1H. The van der Waals surface area contributed by atoms with Gasteiger partial charge in [-0.1, -0.05) is 6.07 Å². The molecule has 2 fully saturated rings. The van der Waals surface area contributed by atoms with E-state index in [0.717, 1.165) is 69.9 Å². The SMILES string of the molecule is Cc1ccc(N)cc1C(=O)N1CCC(CN2CCOCC2)CC1.Cl.Cl. The van der Waals surface area contributed by atoms with Crippen molar-refractivity contribution < 1.29 is 9.53 Å². The van der Waals surface area contributed by atoms with Crippen LogP contribution in [-0.4, -0.2) is 61.6 Å². The van der Waals surface area contributed by atoms with E-state index in [1.54, 1.807) is 6.07 Å². The normalized spacial score (nSPS) is 19.0. The number of carbonyl (C=O) groups excluding carboxylic acids is 1. The summed E-state index contributed by atoms with van der Waals surface area (Å²) in [5.74, 6) is 0.818. The lowest BCUT2D eigenvalue weighted by atomic mass is 9.95. The first-order valence-electron chi connectivity index (χ1n) is 8.59. The molecule has 1 aromatic rings. The minimum Gasteiger partial charge on any atom is -0.399 e. The Hall–Kier alpha value is -1.01. The number of morpholine rings is 1. The van der Waals surface area contributed by atoms with E-state index in [1.165, 1.54) is 0 Å². The number of ether oxygens (including phenoxy) is 1. The third kappa shape index (κ3) is 5.74. The van der Waals surface area contributed by atoms with Gasteiger partial charge in [0.1, 0.15) is 0 Å². The predicted molar refractivity (Wildman–Crippen MR) is 106 cm³/mol. The lowest BCUT2D eigenvalue weighted by Crippen LogP contribution is -2.44. The molecule has 7 heteroatoms. The fraction of sp³-hybridized carbons (Fsp3) is 0.611. The van der Waals surface area contributed by atoms with Crippen molar-refractivity contribution in [3.8, 4) is 0 Å². The lowest BCUT2D eigenvalue weighted by molar-refractivity contribution is 0.0243. The number of rotatable bonds is 3. The molecule has 0 aliphatic carbocycles. The van der Waals surface area contributed by atoms with Crippen molar-refractivity contribution in [2.45, 2.75) is 19.8 Å². The predicted octanol–water partition coefficient (Wildman–Crippen LogP) is 2.61. The van der Waals surface area contributed by atoms with E-state index in [9.17, 15) is 4.79 Å². The topological polar surface area (TPSA) is 58.8 Å². The van der Waals surface area contributed by atoms with E-state index >= 15 is 0 Å². The van der Waals surface area contributed by atoms with Gasteiger partial charge in [-0.15, -0.1) is 24.8 Å². The van der Waals surface area contributed by atoms with Gasteiger partial charge in [-0.2, -0.15) is 0 Å². The number of hydrogen-bond acceptors (Lipinski definition) is 4. The van der Waals surface area contributed by atoms with E-state index in [2.05, 4.69) is 4.90 Å². The minimum atomic E-state index is 0. The van der Waals surface area contributed by atoms with E-state index in [4.69, 9.17) is 10.5 Å². The smallest absolute Gasteiger partial charge is 0.254 e. The van der Waals surface area contributed by atoms with Crippen LogP contribution in [0.2, 0.25) is 0 Å². The van der Waals surface area contributed by atoms with Crippen LogP contribution >= 0.6 is 24.8 Å². The summed E-state index contributed by atoms with van der Waals surface area (Å²) in [5.41, 5.74) is 8.23. The minimum absolute atomic E-state index is 0. The van der Waals surface area contributed by atoms with Crippen LogP contribution in [0.5, 0.6) is 0 Å². The fourth-order valence-electron chi connectivity index (χ4n) is 3.51. The largest absolute Gasteiger partial charge is 0.399 e. The molecule has 2 aliphatic rings. The number of aryl methyl sites for hydroxylation is 1. The first-order chi connectivity index (χ1) is 11.1. The van der Waals surface area contributed by atoms with Crippen molar-refractivity contribution >= 4 is 36.4 Å². The van der Waals surface area contributed by atoms with Gasteiger partial charge in [-0.3, -0.25) is 9.69 Å². The van der Waals surface area contributed by atoms with Gasteiger partial charge in [-0.25, -0.2) is 0 Å². The van der Waals surface area contributed by atoms with Crippen LogP contribution in [0.4, 0.5) is 5.69 Å². The third-order valence-electron chi connectivity index (χ3n) is 5.01. The summed E-state index contributed by atoms with van der Waals surface area (Å²) in [6, 6.07) is 5.58. The summed E-state index contributed by atoms with van der Waals surface area (Å²) in [4.78, 5) is 17.2. The molecule has 0 atom stereocenters. The molecular weight excluding hydrogens is 361 g/mol. The number of halogens is 2. The lowest BCUT2D eigenvalue weighted by Gasteiger charge is -2.36. The third-order valence-corrected chi connectivity index (χ3v) is 5.01. The Bertz CT molecular complexity index is 557. The van der Waals surface area contributed by atoms with E-state index in [1.807, 2.05) is 24.0 Å². The maximum atomic E-state index is 12.7. The molecule has 2 N–H and O–H groups in total. The van der Waals surface area contributed by atoms with Gasteiger partial charge in [0.25, 0.3) is 5.91 Å². The van der Waals surface area contributed by atoms with Crippen LogP contribution in [0.25, 0.3) is 0 Å². The summed E-state index contributed by atoms with van der Waals surface area (Å²) in [5, 5.41) is 0. The molecule has 0 unspecified atom stereocenters. The molecule has 2 heterocycles. The number of hydrogen-bond donors (Lipinski definition) is 1. The molecule has 3 rings (SSSR count). The molecule has 5 nitrogen and oxygen atoms in total. The molecule has 0 spiro atoms. The van der Waals surface area contributed by atoms with Crippen molar-refractivity contribution in [2.75, 3.05) is 51.7 Å². The average molecular weight is 390 g/mol. The maximum Gasteiger partial charge on any atom is 0.254 e. The Kier molecular flexibility index (Phi) is 9.00. The van der Waals surface area contributed by atoms with Crippen molar-refractivity contribution in [1.82, 2.24) is 9.80 Å². The quantitative estimate of drug-likeness (QED) is 0.807. The summed E-state index contributed by atoms with van der Waals surface area (Å²) >= 11 is 0. The molecule has 0 saturated carbocycles. The van der Waals surface area contributed by atoms with Gasteiger partial charge in [0.05, 0.1) is 13.2 Å². The Morgan fingerprint density at radius 3 is 2.44 bits per heavy atom. The van der Waals surface area contributed by atoms with Gasteiger partial charge >= 0.3 is 0 Å². The van der Waals surface area contributed by atoms with Crippen LogP contribution < -0.4 is 5.73 Å². The number of piperidine rings is 1. The highest BCUT2D eigenvalue weighted by atomic mass is 35.5. The van der Waals surface area contributed by atoms with Crippen molar-refractivity contribution in [3.05, 3.63) is 29.3 Å². The number of nitrogen functional groups attached to an aromatic ring is 1. The zero-order chi connectivity index (χ0) is 16.2. The second-order valence-corrected chi connectivity index (χ2v) is 6.72. The number of likely N-dealkylation sites (tertiary alicyclic amines) is 1. The van der Waals surface area contributed by atoms with E-state index in [-0.39, 0.29) is 30.7 Å². The van der Waals surface area contributed by atoms with Gasteiger partial charge in [0.15, 0.2) is 0 Å². The van der Waals surface area contributed by atoms with Crippen LogP contribution in [0.1, 0.15) is 28.8 Å². The average Bonchev–Trinajstić information content (AvgIpc) is 2.58. The Morgan fingerprint density at radius 2 is 1.80 bits per heavy atom. The van der Waals surface area contributed by atoms with Gasteiger partial charge in [0, 0.05) is 44.0 Å². The monoisotopic (exact) mass is 389 g/mol. The van der Waals surface area contributed by atoms with E-state index < -0.39 is 0 Å². The summed E-state index contributed by atoms with van der Waals surface area (Å²) in [6.45, 7) is 8.60. The Morgan fingerprint density at radius 1 is 1.16 bits per heavy atom. The molecule has 0 bridgehead atoms. The first kappa shape index (κ1) is 22.0. The number of nitrogens with two attached hydrogens (primary N) is 1. The zero-order valence-corrected chi connectivity index (χ0v) is 16.4. The van der Waals surface area contributed by atoms with Crippen LogP contribution in [-0.2, 0) is 4.74 Å². The summed E-state index contributed by atoms with van der Waals surface area (Å²) in [6.07, 6.45) is 2.18. The molecular formula is C18H29Cl2N3O2. The van der Waals surface area contributed by atoms with Gasteiger partial charge in [-0.05, 0) is 43.4 Å². The molecule has 2 aliphatic heterocycles. The number of nitrogens with zero attached hydrogens (tertiary/aromatic N) is 2. The molecule has 1 amide bonds. The first-order valence-corrected chi connectivity index (χ1v) is 8.59. The van der Waals surface area contributed by atoms with Crippen molar-refractivity contribution in [2.24, 2.45) is 5.92 Å². The van der Waals surface area contributed by atoms with Gasteiger partial charge < -0.3 is 15.4 Å². The second kappa shape index (κ2) is 10.2. The molecule has 142 valence electrons. The number of benzene rings is 1. The van der Waals surface area contributed by atoms with Crippen LogP contribution in [0.3, 0.4) is 0 Å². The highest BCUT2D eigenvalue weighted by molar-refractivity contribution is 5.96. The second-order valence-electron chi connectivity index (χ2n) is 6.72. The highest BCUT2D eigenvalue weighted by Gasteiger charge is 2.26. The number of amides is 1. The van der Waals surface area contributed by atoms with Gasteiger partial charge in [0.2, 0.25) is 0 Å². The number of carbonyl (C=O) groups is 1. The zero-order valence-electron chi connectivity index (χ0n) is 14.8. The Balaban J connectivity index is 0.00000156. The highest BCUT2D eigenvalue weighted by Crippen LogP contribution is 2.22. The molecule has 0 aromatic heterocycles. The van der Waals surface area contributed by atoms with Crippen molar-refractivity contribution in [3.63, 3.8) is 0 Å².